The van der Waals surface area contributed by atoms with E-state index in [2.05, 4.69) is 36.2 Å². The molecular formula is C9H6BrClN4O. The van der Waals surface area contributed by atoms with Gasteiger partial charge < -0.3 is 10.3 Å². The van der Waals surface area contributed by atoms with Crippen LogP contribution in [0.3, 0.4) is 0 Å². The van der Waals surface area contributed by atoms with Crippen molar-refractivity contribution in [3.05, 3.63) is 40.0 Å². The molecule has 0 fully saturated rings. The summed E-state index contributed by atoms with van der Waals surface area (Å²) in [6.45, 7) is 0. The van der Waals surface area contributed by atoms with Crippen molar-refractivity contribution in [2.24, 2.45) is 0 Å². The van der Waals surface area contributed by atoms with Crippen molar-refractivity contribution in [3.63, 3.8) is 0 Å². The van der Waals surface area contributed by atoms with Crippen molar-refractivity contribution in [3.8, 4) is 0 Å². The Bertz CT molecular complexity index is 510. The first-order chi connectivity index (χ1) is 7.65. The van der Waals surface area contributed by atoms with Crippen LogP contribution in [0, 0.1) is 0 Å². The van der Waals surface area contributed by atoms with Crippen LogP contribution in [-0.4, -0.2) is 20.9 Å². The Kier molecular flexibility index (Phi) is 3.21. The lowest BCUT2D eigenvalue weighted by atomic mass is 10.4. The summed E-state index contributed by atoms with van der Waals surface area (Å²) in [6.07, 6.45) is 4.48. The predicted molar refractivity (Wildman–Crippen MR) is 63.5 cm³/mol. The van der Waals surface area contributed by atoms with Crippen molar-refractivity contribution >= 4 is 39.3 Å². The summed E-state index contributed by atoms with van der Waals surface area (Å²) in [5.41, 5.74) is 0.370. The maximum Gasteiger partial charge on any atom is 0.273 e. The smallest absolute Gasteiger partial charge is 0.273 e. The number of aromatic amines is 1. The van der Waals surface area contributed by atoms with E-state index in [0.29, 0.717) is 21.1 Å². The number of rotatable bonds is 2. The van der Waals surface area contributed by atoms with E-state index >= 15 is 0 Å². The zero-order valence-corrected chi connectivity index (χ0v) is 10.2. The van der Waals surface area contributed by atoms with Crippen molar-refractivity contribution < 1.29 is 4.79 Å². The number of amides is 1. The molecule has 2 rings (SSSR count). The third-order valence-corrected chi connectivity index (χ3v) is 2.38. The molecule has 0 aliphatic carbocycles. The molecule has 0 bridgehead atoms. The van der Waals surface area contributed by atoms with E-state index in [0.717, 1.165) is 0 Å². The largest absolute Gasteiger partial charge is 0.356 e. The maximum absolute atomic E-state index is 11.6. The fourth-order valence-corrected chi connectivity index (χ4v) is 1.43. The first-order valence-corrected chi connectivity index (χ1v) is 5.45. The third kappa shape index (κ3) is 2.59. The summed E-state index contributed by atoms with van der Waals surface area (Å²) in [5, 5.41) is 3.05. The number of hydrogen-bond acceptors (Lipinski definition) is 3. The van der Waals surface area contributed by atoms with Gasteiger partial charge in [0.1, 0.15) is 10.3 Å². The molecule has 5 nitrogen and oxygen atoms in total. The van der Waals surface area contributed by atoms with Crippen molar-refractivity contribution in [1.29, 1.82) is 0 Å². The van der Waals surface area contributed by atoms with Gasteiger partial charge in [-0.05, 0) is 22.0 Å². The Morgan fingerprint density at radius 3 is 2.81 bits per heavy atom. The molecule has 0 saturated heterocycles. The van der Waals surface area contributed by atoms with Gasteiger partial charge in [-0.2, -0.15) is 0 Å². The Morgan fingerprint density at radius 2 is 2.25 bits per heavy atom. The number of anilines is 1. The van der Waals surface area contributed by atoms with Crippen LogP contribution in [0.25, 0.3) is 0 Å². The summed E-state index contributed by atoms with van der Waals surface area (Å²) in [4.78, 5) is 22.3. The highest BCUT2D eigenvalue weighted by Gasteiger charge is 2.08. The highest BCUT2D eigenvalue weighted by Crippen LogP contribution is 2.11. The summed E-state index contributed by atoms with van der Waals surface area (Å²) in [5.74, 6) is 0.0578. The minimum atomic E-state index is -0.316. The average molecular weight is 302 g/mol. The van der Waals surface area contributed by atoms with E-state index in [1.54, 1.807) is 0 Å². The first-order valence-electron chi connectivity index (χ1n) is 4.28. The monoisotopic (exact) mass is 300 g/mol. The molecular weight excluding hydrogens is 295 g/mol. The van der Waals surface area contributed by atoms with Crippen LogP contribution in [0.2, 0.25) is 5.02 Å². The molecule has 0 unspecified atom stereocenters. The normalized spacial score (nSPS) is 10.1. The second-order valence-electron chi connectivity index (χ2n) is 2.91. The van der Waals surface area contributed by atoms with Gasteiger partial charge in [-0.15, -0.1) is 0 Å². The fraction of sp³-hybridized carbons (Fsp3) is 0. The number of aromatic nitrogens is 3. The summed E-state index contributed by atoms with van der Waals surface area (Å²) in [7, 11) is 0. The minimum Gasteiger partial charge on any atom is -0.356 e. The Morgan fingerprint density at radius 1 is 1.44 bits per heavy atom. The van der Waals surface area contributed by atoms with Crippen molar-refractivity contribution in [2.75, 3.05) is 5.32 Å². The minimum absolute atomic E-state index is 0.316. The second kappa shape index (κ2) is 4.63. The number of nitrogens with zero attached hydrogens (tertiary/aromatic N) is 2. The molecule has 0 radical (unpaired) electrons. The Hall–Kier alpha value is -1.40. The molecule has 16 heavy (non-hydrogen) atoms. The molecule has 2 aromatic heterocycles. The van der Waals surface area contributed by atoms with Crippen LogP contribution in [0.4, 0.5) is 5.82 Å². The van der Waals surface area contributed by atoms with Gasteiger partial charge in [0.05, 0.1) is 17.4 Å². The van der Waals surface area contributed by atoms with Crippen LogP contribution in [0.1, 0.15) is 10.5 Å². The maximum atomic E-state index is 11.6. The molecule has 2 N–H and O–H groups in total. The number of nitrogens with one attached hydrogen (secondary N) is 2. The van der Waals surface area contributed by atoms with Crippen LogP contribution < -0.4 is 5.32 Å². The molecule has 0 saturated carbocycles. The van der Waals surface area contributed by atoms with Gasteiger partial charge in [0, 0.05) is 6.20 Å². The van der Waals surface area contributed by atoms with E-state index in [4.69, 9.17) is 11.6 Å². The lowest BCUT2D eigenvalue weighted by Crippen LogP contribution is -2.13. The van der Waals surface area contributed by atoms with Gasteiger partial charge in [0.25, 0.3) is 5.91 Å². The third-order valence-electron chi connectivity index (χ3n) is 1.75. The number of hydrogen-bond donors (Lipinski definition) is 2. The van der Waals surface area contributed by atoms with Crippen LogP contribution in [0.15, 0.2) is 29.3 Å². The van der Waals surface area contributed by atoms with Gasteiger partial charge in [0.15, 0.2) is 5.82 Å². The fourth-order valence-electron chi connectivity index (χ4n) is 1.06. The quantitative estimate of drug-likeness (QED) is 0.895. The van der Waals surface area contributed by atoms with Gasteiger partial charge in [-0.1, -0.05) is 11.6 Å². The van der Waals surface area contributed by atoms with E-state index in [9.17, 15) is 4.79 Å². The molecule has 0 aliphatic rings. The zero-order valence-electron chi connectivity index (χ0n) is 7.87. The van der Waals surface area contributed by atoms with Gasteiger partial charge in [-0.25, -0.2) is 9.97 Å². The number of H-pyrrole nitrogens is 1. The first kappa shape index (κ1) is 11.1. The molecule has 0 spiro atoms. The lowest BCUT2D eigenvalue weighted by molar-refractivity contribution is 0.102. The molecule has 1 amide bonds. The van der Waals surface area contributed by atoms with Crippen LogP contribution in [-0.2, 0) is 0 Å². The average Bonchev–Trinajstić information content (AvgIpc) is 2.68. The Balaban J connectivity index is 2.10. The summed E-state index contributed by atoms with van der Waals surface area (Å²) >= 11 is 8.83. The number of halogens is 2. The number of carbonyl (C=O) groups excluding carboxylic acids is 1. The molecule has 82 valence electrons. The molecule has 2 heterocycles. The summed E-state index contributed by atoms with van der Waals surface area (Å²) in [6, 6.07) is 1.53. The van der Waals surface area contributed by atoms with Gasteiger partial charge in [0.2, 0.25) is 0 Å². The molecule has 7 heteroatoms. The highest BCUT2D eigenvalue weighted by atomic mass is 79.9. The van der Waals surface area contributed by atoms with E-state index in [1.807, 2.05) is 0 Å². The van der Waals surface area contributed by atoms with Gasteiger partial charge >= 0.3 is 0 Å². The molecule has 2 aromatic rings. The van der Waals surface area contributed by atoms with Crippen molar-refractivity contribution in [1.82, 2.24) is 15.0 Å². The Labute approximate surface area is 104 Å². The molecule has 0 aromatic carbocycles. The zero-order chi connectivity index (χ0) is 11.5. The topological polar surface area (TPSA) is 70.7 Å². The SMILES string of the molecule is O=C(Nc1cnc(Br)cn1)c1cc(Cl)c[nH]1. The lowest BCUT2D eigenvalue weighted by Gasteiger charge is -2.01. The molecule has 0 aliphatic heterocycles. The predicted octanol–water partition coefficient (Wildman–Crippen LogP) is 2.47. The highest BCUT2D eigenvalue weighted by molar-refractivity contribution is 9.10. The standard InChI is InChI=1S/C9H6BrClN4O/c10-7-3-14-8(4-13-7)15-9(16)6-1-5(11)2-12-6/h1-4,12H,(H,14,15,16). The van der Waals surface area contributed by atoms with Crippen molar-refractivity contribution in [2.45, 2.75) is 0 Å². The van der Waals surface area contributed by atoms with Gasteiger partial charge in [-0.3, -0.25) is 4.79 Å². The second-order valence-corrected chi connectivity index (χ2v) is 4.16. The number of carbonyl (C=O) groups is 1. The van der Waals surface area contributed by atoms with Crippen LogP contribution in [0.5, 0.6) is 0 Å². The van der Waals surface area contributed by atoms with E-state index < -0.39 is 0 Å². The van der Waals surface area contributed by atoms with Crippen LogP contribution >= 0.6 is 27.5 Å². The summed E-state index contributed by atoms with van der Waals surface area (Å²) < 4.78 is 0.605. The van der Waals surface area contributed by atoms with E-state index in [1.165, 1.54) is 24.7 Å². The molecule has 0 atom stereocenters. The van der Waals surface area contributed by atoms with E-state index in [-0.39, 0.29) is 5.91 Å².